The molecule has 0 saturated heterocycles. The minimum Gasteiger partial charge on any atom is -0.457 e. The van der Waals surface area contributed by atoms with E-state index >= 15 is 0 Å². The van der Waals surface area contributed by atoms with Gasteiger partial charge in [0.15, 0.2) is 15.9 Å². The fourth-order valence-corrected chi connectivity index (χ4v) is 4.46. The zero-order chi connectivity index (χ0) is 21.1. The molecule has 0 saturated carbocycles. The van der Waals surface area contributed by atoms with Crippen LogP contribution in [0.1, 0.15) is 15.4 Å². The second kappa shape index (κ2) is 8.64. The largest absolute Gasteiger partial charge is 0.457 e. The number of aromatic nitrogens is 4. The van der Waals surface area contributed by atoms with Crippen molar-refractivity contribution in [3.05, 3.63) is 59.6 Å². The lowest BCUT2D eigenvalue weighted by Gasteiger charge is -2.04. The number of hydrogen-bond donors (Lipinski definition) is 1. The van der Waals surface area contributed by atoms with Crippen LogP contribution >= 0.6 is 23.1 Å². The number of anilines is 1. The molecule has 1 aromatic carbocycles. The van der Waals surface area contributed by atoms with Crippen LogP contribution in [-0.2, 0) is 9.53 Å². The van der Waals surface area contributed by atoms with E-state index in [2.05, 4.69) is 27.1 Å². The average Bonchev–Trinajstić information content (AvgIpc) is 3.33. The lowest BCUT2D eigenvalue weighted by molar-refractivity contribution is -0.113. The smallest absolute Gasteiger partial charge is 0.350 e. The maximum absolute atomic E-state index is 12.4. The number of thioether (sulfide) groups is 1. The Morgan fingerprint density at radius 3 is 2.93 bits per heavy atom. The molecule has 0 aliphatic heterocycles. The van der Waals surface area contributed by atoms with Crippen LogP contribution in [0.5, 0.6) is 0 Å². The summed E-state index contributed by atoms with van der Waals surface area (Å²) in [5, 5.41) is 13.1. The van der Waals surface area contributed by atoms with E-state index in [1.165, 1.54) is 17.8 Å². The molecule has 3 aromatic heterocycles. The van der Waals surface area contributed by atoms with E-state index < -0.39 is 5.97 Å². The molecule has 10 heteroatoms. The third kappa shape index (κ3) is 4.05. The van der Waals surface area contributed by atoms with Crippen LogP contribution in [-0.4, -0.2) is 43.8 Å². The number of amides is 1. The summed E-state index contributed by atoms with van der Waals surface area (Å²) in [6.45, 7) is 5.32. The molecule has 0 radical (unpaired) electrons. The van der Waals surface area contributed by atoms with Gasteiger partial charge >= 0.3 is 5.97 Å². The molecule has 0 aliphatic carbocycles. The maximum Gasteiger partial charge on any atom is 0.350 e. The number of pyridine rings is 1. The average molecular weight is 440 g/mol. The van der Waals surface area contributed by atoms with Crippen molar-refractivity contribution in [1.29, 1.82) is 0 Å². The predicted octanol–water partition coefficient (Wildman–Crippen LogP) is 3.72. The number of hydrogen-bond acceptors (Lipinski definition) is 8. The molecule has 0 aliphatic rings. The first-order valence-corrected chi connectivity index (χ1v) is 10.8. The Kier molecular flexibility index (Phi) is 5.77. The zero-order valence-corrected chi connectivity index (χ0v) is 17.6. The van der Waals surface area contributed by atoms with Crippen molar-refractivity contribution in [3.63, 3.8) is 0 Å². The molecule has 30 heavy (non-hydrogen) atoms. The molecule has 4 aromatic rings. The van der Waals surface area contributed by atoms with Crippen LogP contribution in [0.2, 0.25) is 0 Å². The summed E-state index contributed by atoms with van der Waals surface area (Å²) in [5.41, 5.74) is 2.20. The Morgan fingerprint density at radius 1 is 1.27 bits per heavy atom. The zero-order valence-electron chi connectivity index (χ0n) is 16.0. The fraction of sp³-hybridized carbons (Fsp3) is 0.150. The van der Waals surface area contributed by atoms with Crippen molar-refractivity contribution in [2.24, 2.45) is 0 Å². The van der Waals surface area contributed by atoms with Gasteiger partial charge in [0.2, 0.25) is 5.91 Å². The van der Waals surface area contributed by atoms with Crippen LogP contribution in [0.3, 0.4) is 0 Å². The van der Waals surface area contributed by atoms with Gasteiger partial charge in [-0.25, -0.2) is 9.78 Å². The van der Waals surface area contributed by atoms with Crippen LogP contribution in [0.4, 0.5) is 5.13 Å². The third-order valence-corrected chi connectivity index (χ3v) is 6.12. The van der Waals surface area contributed by atoms with E-state index in [1.54, 1.807) is 6.92 Å². The molecule has 0 bridgehead atoms. The summed E-state index contributed by atoms with van der Waals surface area (Å²) in [6.07, 6.45) is 1.49. The van der Waals surface area contributed by atoms with Crippen molar-refractivity contribution in [3.8, 4) is 0 Å². The lowest BCUT2D eigenvalue weighted by atomic mass is 10.2. The summed E-state index contributed by atoms with van der Waals surface area (Å²) in [4.78, 5) is 29.0. The van der Waals surface area contributed by atoms with Gasteiger partial charge in [-0.2, -0.15) is 0 Å². The second-order valence-electron chi connectivity index (χ2n) is 6.23. The van der Waals surface area contributed by atoms with Crippen molar-refractivity contribution in [1.82, 2.24) is 19.6 Å². The van der Waals surface area contributed by atoms with Gasteiger partial charge in [-0.1, -0.05) is 54.0 Å². The summed E-state index contributed by atoms with van der Waals surface area (Å²) < 4.78 is 6.95. The Bertz CT molecular complexity index is 1260. The molecule has 0 atom stereocenters. The van der Waals surface area contributed by atoms with Crippen molar-refractivity contribution < 1.29 is 14.3 Å². The lowest BCUT2D eigenvalue weighted by Crippen LogP contribution is -2.14. The van der Waals surface area contributed by atoms with Crippen LogP contribution in [0, 0.1) is 6.92 Å². The molecule has 8 nitrogen and oxygen atoms in total. The van der Waals surface area contributed by atoms with E-state index in [4.69, 9.17) is 4.74 Å². The number of aryl methyl sites for hydroxylation is 1. The van der Waals surface area contributed by atoms with Gasteiger partial charge in [0.05, 0.1) is 17.0 Å². The Morgan fingerprint density at radius 2 is 2.10 bits per heavy atom. The monoisotopic (exact) mass is 439 g/mol. The van der Waals surface area contributed by atoms with Crippen LogP contribution < -0.4 is 5.32 Å². The summed E-state index contributed by atoms with van der Waals surface area (Å²) in [6, 6.07) is 11.8. The maximum atomic E-state index is 12.4. The van der Waals surface area contributed by atoms with E-state index in [0.29, 0.717) is 20.9 Å². The highest BCUT2D eigenvalue weighted by Gasteiger charge is 2.18. The highest BCUT2D eigenvalue weighted by atomic mass is 32.2. The molecular formula is C20H17N5O3S2. The molecule has 1 amide bonds. The number of thiazole rings is 1. The molecular weight excluding hydrogens is 422 g/mol. The molecule has 0 fully saturated rings. The molecule has 3 heterocycles. The first-order valence-electron chi connectivity index (χ1n) is 8.98. The Labute approximate surface area is 180 Å². The highest BCUT2D eigenvalue weighted by Crippen LogP contribution is 2.25. The number of ether oxygens (including phenoxy) is 1. The van der Waals surface area contributed by atoms with Gasteiger partial charge in [0, 0.05) is 0 Å². The van der Waals surface area contributed by atoms with Crippen molar-refractivity contribution in [2.75, 3.05) is 17.7 Å². The Balaban J connectivity index is 1.45. The van der Waals surface area contributed by atoms with Crippen LogP contribution in [0.15, 0.2) is 54.2 Å². The van der Waals surface area contributed by atoms with Crippen LogP contribution in [0.25, 0.3) is 16.6 Å². The first kappa shape index (κ1) is 20.0. The number of nitrogens with zero attached hydrogens (tertiary/aromatic N) is 4. The van der Waals surface area contributed by atoms with Gasteiger partial charge in [-0.3, -0.25) is 9.20 Å². The van der Waals surface area contributed by atoms with E-state index in [9.17, 15) is 9.59 Å². The normalized spacial score (nSPS) is 11.0. The molecule has 152 valence electrons. The topological polar surface area (TPSA) is 98.5 Å². The van der Waals surface area contributed by atoms with Crippen molar-refractivity contribution >= 4 is 56.7 Å². The third-order valence-electron chi connectivity index (χ3n) is 4.14. The van der Waals surface area contributed by atoms with E-state index in [0.717, 1.165) is 27.9 Å². The van der Waals surface area contributed by atoms with Gasteiger partial charge in [0.1, 0.15) is 11.5 Å². The highest BCUT2D eigenvalue weighted by molar-refractivity contribution is 7.99. The fourth-order valence-electron chi connectivity index (χ4n) is 2.83. The standard InChI is InChI=1S/C20H17N5O3S2/c1-3-10-28-18(27)17-12(2)21-19(30-17)22-16(26)11-29-20-24-23-15-9-8-13-6-4-5-7-14(13)25(15)20/h3-9H,1,10-11H2,2H3,(H,21,22,26). The Hall–Kier alpha value is -3.24. The minimum atomic E-state index is -0.485. The number of benzene rings is 1. The molecule has 0 unspecified atom stereocenters. The van der Waals surface area contributed by atoms with Gasteiger partial charge in [-0.15, -0.1) is 10.2 Å². The number of carbonyl (C=O) groups excluding carboxylic acids is 2. The summed E-state index contributed by atoms with van der Waals surface area (Å²) >= 11 is 2.36. The number of esters is 1. The van der Waals surface area contributed by atoms with Gasteiger partial charge in [-0.05, 0) is 30.5 Å². The molecule has 1 N–H and O–H groups in total. The number of para-hydroxylation sites is 1. The number of fused-ring (bicyclic) bond motifs is 3. The summed E-state index contributed by atoms with van der Waals surface area (Å²) in [7, 11) is 0. The molecule has 0 spiro atoms. The van der Waals surface area contributed by atoms with E-state index in [-0.39, 0.29) is 18.3 Å². The number of carbonyl (C=O) groups is 2. The number of nitrogens with one attached hydrogen (secondary N) is 1. The van der Waals surface area contributed by atoms with E-state index in [1.807, 2.05) is 40.8 Å². The minimum absolute atomic E-state index is 0.121. The van der Waals surface area contributed by atoms with Gasteiger partial charge in [0.25, 0.3) is 0 Å². The molecule has 4 rings (SSSR count). The quantitative estimate of drug-likeness (QED) is 0.266. The first-order chi connectivity index (χ1) is 14.6. The second-order valence-corrected chi connectivity index (χ2v) is 8.17. The SMILES string of the molecule is C=CCOC(=O)c1sc(NC(=O)CSc2nnc3ccc4ccccc4n23)nc1C. The van der Waals surface area contributed by atoms with Gasteiger partial charge < -0.3 is 10.1 Å². The predicted molar refractivity (Wildman–Crippen MR) is 117 cm³/mol. The summed E-state index contributed by atoms with van der Waals surface area (Å²) in [5.74, 6) is -0.614. The number of rotatable bonds is 7. The van der Waals surface area contributed by atoms with Crippen molar-refractivity contribution in [2.45, 2.75) is 12.1 Å².